The van der Waals surface area contributed by atoms with Gasteiger partial charge in [-0.1, -0.05) is 30.3 Å². The first-order valence-electron chi connectivity index (χ1n) is 6.31. The number of carbonyl (C=O) groups excluding carboxylic acids is 1. The van der Waals surface area contributed by atoms with E-state index in [0.717, 1.165) is 29.2 Å². The van der Waals surface area contributed by atoms with Crippen LogP contribution in [0.5, 0.6) is 0 Å². The summed E-state index contributed by atoms with van der Waals surface area (Å²) in [6.45, 7) is 0.986. The Labute approximate surface area is 117 Å². The first kappa shape index (κ1) is 13.9. The smallest absolute Gasteiger partial charge is 0.168 e. The summed E-state index contributed by atoms with van der Waals surface area (Å²) in [6, 6.07) is 9.38. The van der Waals surface area contributed by atoms with E-state index in [4.69, 9.17) is 0 Å². The van der Waals surface area contributed by atoms with E-state index in [0.29, 0.717) is 6.42 Å². The lowest BCUT2D eigenvalue weighted by Crippen LogP contribution is -2.15. The van der Waals surface area contributed by atoms with Crippen LogP contribution in [-0.2, 0) is 12.8 Å². The molecule has 0 atom stereocenters. The second kappa shape index (κ2) is 6.59. The molecular formula is C15H18N2OS. The summed E-state index contributed by atoms with van der Waals surface area (Å²) in [5, 5.41) is 3.09. The lowest BCUT2D eigenvalue weighted by molar-refractivity contribution is 0.0992. The molecule has 4 heteroatoms. The van der Waals surface area contributed by atoms with E-state index in [-0.39, 0.29) is 5.78 Å². The molecule has 2 rings (SSSR count). The lowest BCUT2D eigenvalue weighted by Gasteiger charge is -2.06. The van der Waals surface area contributed by atoms with Gasteiger partial charge in [0.25, 0.3) is 0 Å². The maximum absolute atomic E-state index is 12.0. The molecular weight excluding hydrogens is 256 g/mol. The zero-order valence-electron chi connectivity index (χ0n) is 11.3. The van der Waals surface area contributed by atoms with Crippen molar-refractivity contribution >= 4 is 17.1 Å². The van der Waals surface area contributed by atoms with E-state index in [1.54, 1.807) is 11.3 Å². The molecule has 0 fully saturated rings. The highest BCUT2D eigenvalue weighted by atomic mass is 32.1. The normalized spacial score (nSPS) is 10.9. The summed E-state index contributed by atoms with van der Waals surface area (Å²) in [5.41, 5.74) is 1.64. The van der Waals surface area contributed by atoms with Crippen molar-refractivity contribution in [3.05, 3.63) is 52.0 Å². The average molecular weight is 274 g/mol. The highest BCUT2D eigenvalue weighted by Crippen LogP contribution is 2.13. The number of thiazole rings is 1. The number of aromatic nitrogens is 1. The van der Waals surface area contributed by atoms with Gasteiger partial charge in [-0.15, -0.1) is 11.3 Å². The minimum absolute atomic E-state index is 0.130. The predicted octanol–water partition coefficient (Wildman–Crippen LogP) is 2.67. The van der Waals surface area contributed by atoms with E-state index < -0.39 is 0 Å². The van der Waals surface area contributed by atoms with E-state index in [9.17, 15) is 4.79 Å². The molecule has 0 spiro atoms. The second-order valence-corrected chi connectivity index (χ2v) is 5.69. The highest BCUT2D eigenvalue weighted by molar-refractivity contribution is 7.09. The van der Waals surface area contributed by atoms with Crippen molar-refractivity contribution < 1.29 is 4.79 Å². The summed E-state index contributed by atoms with van der Waals surface area (Å²) in [7, 11) is 4.10. The Morgan fingerprint density at radius 2 is 2.00 bits per heavy atom. The molecule has 1 aromatic heterocycles. The van der Waals surface area contributed by atoms with Gasteiger partial charge >= 0.3 is 0 Å². The molecule has 0 unspecified atom stereocenters. The fourth-order valence-corrected chi connectivity index (χ4v) is 2.54. The molecule has 0 aliphatic rings. The van der Waals surface area contributed by atoms with Gasteiger partial charge in [-0.2, -0.15) is 0 Å². The van der Waals surface area contributed by atoms with Crippen LogP contribution in [-0.4, -0.2) is 36.3 Å². The Kier molecular flexibility index (Phi) is 4.82. The summed E-state index contributed by atoms with van der Waals surface area (Å²) < 4.78 is 0. The number of nitrogens with zero attached hydrogens (tertiary/aromatic N) is 2. The number of ketones is 1. The van der Waals surface area contributed by atoms with Crippen LogP contribution in [0.1, 0.15) is 21.1 Å². The fourth-order valence-electron chi connectivity index (χ4n) is 1.75. The molecule has 0 amide bonds. The molecule has 100 valence electrons. The van der Waals surface area contributed by atoms with Crippen molar-refractivity contribution in [1.29, 1.82) is 0 Å². The summed E-state index contributed by atoms with van der Waals surface area (Å²) >= 11 is 1.64. The molecule has 0 bridgehead atoms. The van der Waals surface area contributed by atoms with Crippen LogP contribution in [0.15, 0.2) is 35.7 Å². The zero-order chi connectivity index (χ0) is 13.7. The first-order chi connectivity index (χ1) is 9.15. The maximum Gasteiger partial charge on any atom is 0.168 e. The zero-order valence-corrected chi connectivity index (χ0v) is 12.1. The number of rotatable bonds is 6. The minimum Gasteiger partial charge on any atom is -0.309 e. The Hall–Kier alpha value is -1.52. The number of Topliss-reactive ketones (excluding diaryl/α,β-unsaturated/α-hetero) is 1. The minimum atomic E-state index is 0.130. The van der Waals surface area contributed by atoms with E-state index >= 15 is 0 Å². The van der Waals surface area contributed by atoms with Crippen molar-refractivity contribution in [1.82, 2.24) is 9.88 Å². The molecule has 3 nitrogen and oxygen atoms in total. The summed E-state index contributed by atoms with van der Waals surface area (Å²) in [6.07, 6.45) is 1.33. The molecule has 1 heterocycles. The van der Waals surface area contributed by atoms with Gasteiger partial charge < -0.3 is 4.90 Å². The van der Waals surface area contributed by atoms with Gasteiger partial charge in [0, 0.05) is 23.9 Å². The number of benzene rings is 1. The Morgan fingerprint density at radius 1 is 1.26 bits per heavy atom. The van der Waals surface area contributed by atoms with Crippen LogP contribution in [0.3, 0.4) is 0 Å². The number of hydrogen-bond acceptors (Lipinski definition) is 4. The van der Waals surface area contributed by atoms with Crippen LogP contribution >= 0.6 is 11.3 Å². The molecule has 19 heavy (non-hydrogen) atoms. The molecule has 0 aliphatic carbocycles. The van der Waals surface area contributed by atoms with Crippen molar-refractivity contribution in [2.75, 3.05) is 20.6 Å². The highest BCUT2D eigenvalue weighted by Gasteiger charge is 2.09. The second-order valence-electron chi connectivity index (χ2n) is 4.75. The molecule has 0 N–H and O–H groups in total. The fraction of sp³-hybridized carbons (Fsp3) is 0.333. The number of carbonyl (C=O) groups is 1. The van der Waals surface area contributed by atoms with Crippen LogP contribution in [0.2, 0.25) is 0 Å². The first-order valence-corrected chi connectivity index (χ1v) is 7.19. The van der Waals surface area contributed by atoms with Crippen molar-refractivity contribution in [2.45, 2.75) is 12.8 Å². The quantitative estimate of drug-likeness (QED) is 0.759. The Balaban J connectivity index is 1.95. The number of hydrogen-bond donors (Lipinski definition) is 0. The Bertz CT molecular complexity index is 534. The predicted molar refractivity (Wildman–Crippen MR) is 78.8 cm³/mol. The summed E-state index contributed by atoms with van der Waals surface area (Å²) in [5.74, 6) is 0.130. The third-order valence-corrected chi connectivity index (χ3v) is 3.77. The van der Waals surface area contributed by atoms with Gasteiger partial charge in [0.05, 0.1) is 17.1 Å². The van der Waals surface area contributed by atoms with Crippen molar-refractivity contribution in [3.63, 3.8) is 0 Å². The SMILES string of the molecule is CN(C)CCc1nc(CC(=O)c2ccccc2)cs1. The van der Waals surface area contributed by atoms with Crippen LogP contribution < -0.4 is 0 Å². The van der Waals surface area contributed by atoms with E-state index in [1.165, 1.54) is 0 Å². The molecule has 1 aromatic carbocycles. The monoisotopic (exact) mass is 274 g/mol. The van der Waals surface area contributed by atoms with Gasteiger partial charge in [-0.3, -0.25) is 4.79 Å². The molecule has 0 saturated carbocycles. The maximum atomic E-state index is 12.0. The molecule has 0 radical (unpaired) electrons. The van der Waals surface area contributed by atoms with Gasteiger partial charge in [-0.05, 0) is 14.1 Å². The van der Waals surface area contributed by atoms with Crippen LogP contribution in [0.4, 0.5) is 0 Å². The van der Waals surface area contributed by atoms with Gasteiger partial charge in [0.2, 0.25) is 0 Å². The Morgan fingerprint density at radius 3 is 2.68 bits per heavy atom. The molecule has 0 aliphatic heterocycles. The third-order valence-electron chi connectivity index (χ3n) is 2.81. The van der Waals surface area contributed by atoms with Gasteiger partial charge in [0.1, 0.15) is 0 Å². The topological polar surface area (TPSA) is 33.2 Å². The van der Waals surface area contributed by atoms with Gasteiger partial charge in [-0.25, -0.2) is 4.98 Å². The van der Waals surface area contributed by atoms with E-state index in [2.05, 4.69) is 9.88 Å². The standard InChI is InChI=1S/C15H18N2OS/c1-17(2)9-8-15-16-13(11-19-15)10-14(18)12-6-4-3-5-7-12/h3-7,11H,8-10H2,1-2H3. The van der Waals surface area contributed by atoms with E-state index in [1.807, 2.05) is 49.8 Å². The van der Waals surface area contributed by atoms with Crippen molar-refractivity contribution in [3.8, 4) is 0 Å². The largest absolute Gasteiger partial charge is 0.309 e. The number of likely N-dealkylation sites (N-methyl/N-ethyl adjacent to an activating group) is 1. The van der Waals surface area contributed by atoms with Crippen molar-refractivity contribution in [2.24, 2.45) is 0 Å². The van der Waals surface area contributed by atoms with Crippen LogP contribution in [0, 0.1) is 0 Å². The van der Waals surface area contributed by atoms with Crippen LogP contribution in [0.25, 0.3) is 0 Å². The van der Waals surface area contributed by atoms with Gasteiger partial charge in [0.15, 0.2) is 5.78 Å². The molecule has 2 aromatic rings. The molecule has 0 saturated heterocycles. The average Bonchev–Trinajstić information content (AvgIpc) is 2.85. The lowest BCUT2D eigenvalue weighted by atomic mass is 10.1. The third kappa shape index (κ3) is 4.26. The summed E-state index contributed by atoms with van der Waals surface area (Å²) in [4.78, 5) is 18.7.